The topological polar surface area (TPSA) is 95.1 Å². The lowest BCUT2D eigenvalue weighted by Crippen LogP contribution is -2.23. The van der Waals surface area contributed by atoms with Gasteiger partial charge in [0.15, 0.2) is 5.82 Å². The highest BCUT2D eigenvalue weighted by Crippen LogP contribution is 2.30. The molecule has 0 fully saturated rings. The fourth-order valence-electron chi connectivity index (χ4n) is 2.36. The summed E-state index contributed by atoms with van der Waals surface area (Å²) in [6, 6.07) is 14.8. The third-order valence-corrected chi connectivity index (χ3v) is 5.36. The molecule has 0 spiro atoms. The second-order valence-corrected chi connectivity index (χ2v) is 7.86. The van der Waals surface area contributed by atoms with Gasteiger partial charge < -0.3 is 15.9 Å². The Morgan fingerprint density at radius 2 is 1.93 bits per heavy atom. The Labute approximate surface area is 169 Å². The van der Waals surface area contributed by atoms with Gasteiger partial charge in [-0.2, -0.15) is 0 Å². The van der Waals surface area contributed by atoms with Crippen molar-refractivity contribution in [2.45, 2.75) is 17.3 Å². The number of amides is 1. The zero-order valence-electron chi connectivity index (χ0n) is 14.7. The maximum absolute atomic E-state index is 12.4. The van der Waals surface area contributed by atoms with Crippen molar-refractivity contribution in [3.8, 4) is 17.1 Å². The maximum Gasteiger partial charge on any atom is 0.237 e. The quantitative estimate of drug-likeness (QED) is 0.443. The first-order chi connectivity index (χ1) is 13.0. The number of nitrogen functional groups attached to an aromatic ring is 1. The Morgan fingerprint density at radius 1 is 1.22 bits per heavy atom. The predicted molar refractivity (Wildman–Crippen MR) is 110 cm³/mol. The van der Waals surface area contributed by atoms with Crippen LogP contribution in [-0.4, -0.2) is 33.1 Å². The number of halogens is 1. The lowest BCUT2D eigenvalue weighted by atomic mass is 10.2. The SMILES string of the molecule is COc1ccccc1-c1nnc(SC(C)C(=O)Nc2ccc(Br)cc2)n1N. The molecule has 0 aliphatic heterocycles. The second kappa shape index (κ2) is 8.45. The first-order valence-electron chi connectivity index (χ1n) is 8.06. The van der Waals surface area contributed by atoms with Gasteiger partial charge in [0.2, 0.25) is 11.1 Å². The number of nitrogens with one attached hydrogen (secondary N) is 1. The summed E-state index contributed by atoms with van der Waals surface area (Å²) in [5, 5.41) is 11.2. The number of carbonyl (C=O) groups is 1. The summed E-state index contributed by atoms with van der Waals surface area (Å²) < 4.78 is 7.66. The molecule has 3 aromatic rings. The van der Waals surface area contributed by atoms with Crippen LogP contribution in [0.1, 0.15) is 6.92 Å². The second-order valence-electron chi connectivity index (χ2n) is 5.63. The molecule has 140 valence electrons. The summed E-state index contributed by atoms with van der Waals surface area (Å²) in [5.41, 5.74) is 1.45. The molecule has 0 bridgehead atoms. The van der Waals surface area contributed by atoms with Crippen LogP contribution in [0.3, 0.4) is 0 Å². The molecule has 1 atom stereocenters. The van der Waals surface area contributed by atoms with E-state index in [1.165, 1.54) is 16.4 Å². The normalized spacial score (nSPS) is 11.8. The third-order valence-electron chi connectivity index (χ3n) is 3.78. The van der Waals surface area contributed by atoms with Crippen LogP contribution in [0.2, 0.25) is 0 Å². The van der Waals surface area contributed by atoms with Crippen LogP contribution in [-0.2, 0) is 4.79 Å². The largest absolute Gasteiger partial charge is 0.496 e. The van der Waals surface area contributed by atoms with E-state index in [1.54, 1.807) is 14.0 Å². The molecule has 2 aromatic carbocycles. The smallest absolute Gasteiger partial charge is 0.237 e. The molecule has 1 aromatic heterocycles. The number of aromatic nitrogens is 3. The first kappa shape index (κ1) is 19.2. The van der Waals surface area contributed by atoms with E-state index < -0.39 is 5.25 Å². The summed E-state index contributed by atoms with van der Waals surface area (Å²) >= 11 is 4.60. The molecule has 0 saturated carbocycles. The summed E-state index contributed by atoms with van der Waals surface area (Å²) in [6.45, 7) is 1.79. The predicted octanol–water partition coefficient (Wildman–Crippen LogP) is 3.55. The van der Waals surface area contributed by atoms with Crippen molar-refractivity contribution in [3.63, 3.8) is 0 Å². The average molecular weight is 448 g/mol. The van der Waals surface area contributed by atoms with Crippen molar-refractivity contribution in [2.75, 3.05) is 18.3 Å². The van der Waals surface area contributed by atoms with Gasteiger partial charge in [0.05, 0.1) is 17.9 Å². The number of hydrogen-bond acceptors (Lipinski definition) is 6. The first-order valence-corrected chi connectivity index (χ1v) is 9.74. The molecule has 0 saturated heterocycles. The zero-order valence-corrected chi connectivity index (χ0v) is 17.1. The van der Waals surface area contributed by atoms with Gasteiger partial charge >= 0.3 is 0 Å². The van der Waals surface area contributed by atoms with Crippen molar-refractivity contribution in [3.05, 3.63) is 53.0 Å². The molecular weight excluding hydrogens is 430 g/mol. The molecule has 1 amide bonds. The molecule has 0 aliphatic carbocycles. The van der Waals surface area contributed by atoms with Gasteiger partial charge in [0.25, 0.3) is 0 Å². The van der Waals surface area contributed by atoms with Gasteiger partial charge in [0.1, 0.15) is 5.75 Å². The van der Waals surface area contributed by atoms with Crippen LogP contribution in [0, 0.1) is 0 Å². The van der Waals surface area contributed by atoms with Crippen LogP contribution in [0.25, 0.3) is 11.4 Å². The Kier molecular flexibility index (Phi) is 6.02. The zero-order chi connectivity index (χ0) is 19.4. The number of thioether (sulfide) groups is 1. The van der Waals surface area contributed by atoms with E-state index in [0.717, 1.165) is 15.7 Å². The van der Waals surface area contributed by atoms with Crippen LogP contribution in [0.5, 0.6) is 5.75 Å². The number of ether oxygens (including phenoxy) is 1. The van der Waals surface area contributed by atoms with E-state index in [1.807, 2.05) is 48.5 Å². The lowest BCUT2D eigenvalue weighted by molar-refractivity contribution is -0.115. The summed E-state index contributed by atoms with van der Waals surface area (Å²) in [6.07, 6.45) is 0. The number of nitrogens with two attached hydrogens (primary N) is 1. The van der Waals surface area contributed by atoms with Crippen molar-refractivity contribution >= 4 is 39.3 Å². The lowest BCUT2D eigenvalue weighted by Gasteiger charge is -2.12. The van der Waals surface area contributed by atoms with Crippen LogP contribution in [0.15, 0.2) is 58.2 Å². The fraction of sp³-hybridized carbons (Fsp3) is 0.167. The molecular formula is C18H18BrN5O2S. The Hall–Kier alpha value is -2.52. The van der Waals surface area contributed by atoms with Gasteiger partial charge in [-0.3, -0.25) is 4.79 Å². The van der Waals surface area contributed by atoms with E-state index in [-0.39, 0.29) is 5.91 Å². The molecule has 9 heteroatoms. The van der Waals surface area contributed by atoms with Crippen molar-refractivity contribution in [1.29, 1.82) is 0 Å². The monoisotopic (exact) mass is 447 g/mol. The molecule has 1 unspecified atom stereocenters. The highest BCUT2D eigenvalue weighted by molar-refractivity contribution is 9.10. The highest BCUT2D eigenvalue weighted by Gasteiger charge is 2.21. The molecule has 7 nitrogen and oxygen atoms in total. The number of rotatable bonds is 6. The fourth-order valence-corrected chi connectivity index (χ4v) is 3.39. The summed E-state index contributed by atoms with van der Waals surface area (Å²) in [5.74, 6) is 7.12. The Morgan fingerprint density at radius 3 is 2.63 bits per heavy atom. The summed E-state index contributed by atoms with van der Waals surface area (Å²) in [4.78, 5) is 12.4. The molecule has 0 aliphatic rings. The number of hydrogen-bond donors (Lipinski definition) is 2. The van der Waals surface area contributed by atoms with Crippen LogP contribution < -0.4 is 15.9 Å². The molecule has 27 heavy (non-hydrogen) atoms. The van der Waals surface area contributed by atoms with Crippen LogP contribution in [0.4, 0.5) is 5.69 Å². The minimum atomic E-state index is -0.411. The van der Waals surface area contributed by atoms with Gasteiger partial charge in [-0.25, -0.2) is 4.68 Å². The molecule has 3 rings (SSSR count). The Balaban J connectivity index is 1.73. The molecule has 0 radical (unpaired) electrons. The van der Waals surface area contributed by atoms with Crippen molar-refractivity contribution < 1.29 is 9.53 Å². The molecule has 3 N–H and O–H groups in total. The number of para-hydroxylation sites is 1. The standard InChI is InChI=1S/C18H18BrN5O2S/c1-11(17(25)21-13-9-7-12(19)8-10-13)27-18-23-22-16(24(18)20)14-5-3-4-6-15(14)26-2/h3-11H,20H2,1-2H3,(H,21,25). The number of methoxy groups -OCH3 is 1. The number of anilines is 1. The van der Waals surface area contributed by atoms with E-state index in [2.05, 4.69) is 31.4 Å². The number of nitrogens with zero attached hydrogens (tertiary/aromatic N) is 3. The van der Waals surface area contributed by atoms with Crippen LogP contribution >= 0.6 is 27.7 Å². The van der Waals surface area contributed by atoms with Gasteiger partial charge in [0, 0.05) is 10.2 Å². The maximum atomic E-state index is 12.4. The van der Waals surface area contributed by atoms with Crippen molar-refractivity contribution in [2.24, 2.45) is 0 Å². The van der Waals surface area contributed by atoms with Gasteiger partial charge in [-0.1, -0.05) is 39.8 Å². The van der Waals surface area contributed by atoms with E-state index >= 15 is 0 Å². The Bertz CT molecular complexity index is 945. The van der Waals surface area contributed by atoms with Crippen molar-refractivity contribution in [1.82, 2.24) is 14.9 Å². The third kappa shape index (κ3) is 4.42. The summed E-state index contributed by atoms with van der Waals surface area (Å²) in [7, 11) is 1.58. The number of benzene rings is 2. The van der Waals surface area contributed by atoms with Gasteiger partial charge in [-0.05, 0) is 43.3 Å². The highest BCUT2D eigenvalue weighted by atomic mass is 79.9. The van der Waals surface area contributed by atoms with E-state index in [9.17, 15) is 4.79 Å². The van der Waals surface area contributed by atoms with E-state index in [0.29, 0.717) is 16.7 Å². The molecule has 1 heterocycles. The van der Waals surface area contributed by atoms with Gasteiger partial charge in [-0.15, -0.1) is 10.2 Å². The average Bonchev–Trinajstić information content (AvgIpc) is 3.03. The minimum absolute atomic E-state index is 0.149. The van der Waals surface area contributed by atoms with E-state index in [4.69, 9.17) is 10.6 Å². The minimum Gasteiger partial charge on any atom is -0.496 e. The number of carbonyl (C=O) groups excluding carboxylic acids is 1.